The molecular weight excluding hydrogens is 534 g/mol. The summed E-state index contributed by atoms with van der Waals surface area (Å²) in [5.74, 6) is -2.12. The van der Waals surface area contributed by atoms with Crippen LogP contribution in [0, 0.1) is 0 Å². The molecule has 0 radical (unpaired) electrons. The van der Waals surface area contributed by atoms with E-state index < -0.39 is 47.3 Å². The third-order valence-corrected chi connectivity index (χ3v) is 7.58. The number of amides is 4. The fourth-order valence-corrected chi connectivity index (χ4v) is 4.95. The van der Waals surface area contributed by atoms with Gasteiger partial charge in [0, 0.05) is 12.8 Å². The quantitative estimate of drug-likeness (QED) is 0.180. The van der Waals surface area contributed by atoms with Gasteiger partial charge in [0.05, 0.1) is 6.04 Å². The lowest BCUT2D eigenvalue weighted by molar-refractivity contribution is -0.140. The van der Waals surface area contributed by atoms with E-state index in [-0.39, 0.29) is 25.0 Å². The summed E-state index contributed by atoms with van der Waals surface area (Å²) in [6.45, 7) is 0. The summed E-state index contributed by atoms with van der Waals surface area (Å²) in [5, 5.41) is 17.9. The van der Waals surface area contributed by atoms with Crippen molar-refractivity contribution in [2.75, 3.05) is 0 Å². The molecular formula is C32H37N5O5. The van der Waals surface area contributed by atoms with Crippen LogP contribution in [0.1, 0.15) is 36.0 Å². The van der Waals surface area contributed by atoms with E-state index in [0.29, 0.717) is 12.8 Å². The molecule has 1 saturated carbocycles. The molecule has 3 atom stereocenters. The van der Waals surface area contributed by atoms with Gasteiger partial charge in [-0.3, -0.25) is 19.2 Å². The fraction of sp³-hybridized carbons (Fsp3) is 0.312. The summed E-state index contributed by atoms with van der Waals surface area (Å²) in [7, 11) is 0. The molecule has 42 heavy (non-hydrogen) atoms. The maximum absolute atomic E-state index is 13.7. The van der Waals surface area contributed by atoms with Gasteiger partial charge in [-0.05, 0) is 54.5 Å². The Morgan fingerprint density at radius 3 is 1.74 bits per heavy atom. The lowest BCUT2D eigenvalue weighted by Gasteiger charge is -2.42. The summed E-state index contributed by atoms with van der Waals surface area (Å²) in [6, 6.07) is 21.8. The SMILES string of the molecule is NC(=O)[C@H](Cc1ccccc1)NC(=O)[C@H](Cc1ccccc1)NC(=O)C1(NC(=O)[C@@H](N)Cc2ccc(O)cc2)CCC1. The van der Waals surface area contributed by atoms with Gasteiger partial charge in [-0.25, -0.2) is 0 Å². The normalized spacial score (nSPS) is 15.7. The van der Waals surface area contributed by atoms with Crippen molar-refractivity contribution in [2.45, 2.75) is 62.2 Å². The number of rotatable bonds is 13. The summed E-state index contributed by atoms with van der Waals surface area (Å²) in [4.78, 5) is 52.4. The lowest BCUT2D eigenvalue weighted by Crippen LogP contribution is -2.67. The van der Waals surface area contributed by atoms with Crippen LogP contribution in [0.2, 0.25) is 0 Å². The molecule has 0 aromatic heterocycles. The minimum absolute atomic E-state index is 0.109. The number of nitrogens with one attached hydrogen (secondary N) is 3. The van der Waals surface area contributed by atoms with E-state index in [4.69, 9.17) is 11.5 Å². The minimum Gasteiger partial charge on any atom is -0.508 e. The third kappa shape index (κ3) is 7.94. The Kier molecular flexibility index (Phi) is 9.93. The van der Waals surface area contributed by atoms with Crippen LogP contribution in [-0.2, 0) is 38.4 Å². The zero-order chi connectivity index (χ0) is 30.1. The Labute approximate surface area is 244 Å². The van der Waals surface area contributed by atoms with Crippen LogP contribution in [0.25, 0.3) is 0 Å². The molecule has 8 N–H and O–H groups in total. The molecule has 0 aliphatic heterocycles. The van der Waals surface area contributed by atoms with Gasteiger partial charge in [0.2, 0.25) is 23.6 Å². The van der Waals surface area contributed by atoms with Crippen LogP contribution < -0.4 is 27.4 Å². The summed E-state index contributed by atoms with van der Waals surface area (Å²) >= 11 is 0. The second-order valence-corrected chi connectivity index (χ2v) is 10.8. The molecule has 10 heteroatoms. The van der Waals surface area contributed by atoms with Crippen LogP contribution in [0.4, 0.5) is 0 Å². The molecule has 3 aromatic carbocycles. The van der Waals surface area contributed by atoms with Crippen molar-refractivity contribution in [1.82, 2.24) is 16.0 Å². The van der Waals surface area contributed by atoms with E-state index in [0.717, 1.165) is 23.1 Å². The number of carbonyl (C=O) groups is 4. The predicted molar refractivity (Wildman–Crippen MR) is 158 cm³/mol. The number of phenols is 1. The number of benzene rings is 3. The van der Waals surface area contributed by atoms with Gasteiger partial charge in [-0.15, -0.1) is 0 Å². The molecule has 0 heterocycles. The first-order valence-corrected chi connectivity index (χ1v) is 14.0. The largest absolute Gasteiger partial charge is 0.508 e. The number of phenolic OH excluding ortho intramolecular Hbond substituents is 1. The average molecular weight is 572 g/mol. The van der Waals surface area contributed by atoms with Crippen LogP contribution in [0.3, 0.4) is 0 Å². The van der Waals surface area contributed by atoms with Crippen molar-refractivity contribution in [3.8, 4) is 5.75 Å². The molecule has 220 valence electrons. The number of nitrogens with two attached hydrogens (primary N) is 2. The van der Waals surface area contributed by atoms with E-state index in [1.54, 1.807) is 12.1 Å². The molecule has 0 saturated heterocycles. The van der Waals surface area contributed by atoms with Crippen LogP contribution in [0.5, 0.6) is 5.75 Å². The molecule has 10 nitrogen and oxygen atoms in total. The van der Waals surface area contributed by atoms with E-state index >= 15 is 0 Å². The Morgan fingerprint density at radius 2 is 1.24 bits per heavy atom. The number of primary amides is 1. The van der Waals surface area contributed by atoms with Crippen LogP contribution in [-0.4, -0.2) is 52.4 Å². The van der Waals surface area contributed by atoms with Gasteiger partial charge in [0.1, 0.15) is 23.4 Å². The van der Waals surface area contributed by atoms with Gasteiger partial charge in [-0.1, -0.05) is 72.8 Å². The van der Waals surface area contributed by atoms with Crippen molar-refractivity contribution in [3.05, 3.63) is 102 Å². The monoisotopic (exact) mass is 571 g/mol. The molecule has 3 aromatic rings. The number of aromatic hydroxyl groups is 1. The van der Waals surface area contributed by atoms with Crippen molar-refractivity contribution >= 4 is 23.6 Å². The number of hydrogen-bond acceptors (Lipinski definition) is 6. The van der Waals surface area contributed by atoms with Gasteiger partial charge in [-0.2, -0.15) is 0 Å². The summed E-state index contributed by atoms with van der Waals surface area (Å²) in [6.07, 6.45) is 2.10. The Morgan fingerprint density at radius 1 is 0.714 bits per heavy atom. The maximum Gasteiger partial charge on any atom is 0.246 e. The number of hydrogen-bond donors (Lipinski definition) is 6. The zero-order valence-corrected chi connectivity index (χ0v) is 23.3. The van der Waals surface area contributed by atoms with E-state index in [1.807, 2.05) is 60.7 Å². The standard InChI is InChI=1S/C32H37N5O5/c33-25(18-23-12-14-24(38)15-13-23)29(40)37-32(16-7-17-32)31(42)36-27(20-22-10-5-2-6-11-22)30(41)35-26(28(34)39)19-21-8-3-1-4-9-21/h1-6,8-15,25-27,38H,7,16-20,33H2,(H2,34,39)(H,35,41)(H,36,42)(H,37,40)/t25-,26-,27-/m0/s1. The molecule has 4 rings (SSSR count). The van der Waals surface area contributed by atoms with Gasteiger partial charge < -0.3 is 32.5 Å². The van der Waals surface area contributed by atoms with E-state index in [2.05, 4.69) is 16.0 Å². The highest BCUT2D eigenvalue weighted by molar-refractivity contribution is 5.97. The Balaban J connectivity index is 1.46. The second-order valence-electron chi connectivity index (χ2n) is 10.8. The highest BCUT2D eigenvalue weighted by Crippen LogP contribution is 2.32. The van der Waals surface area contributed by atoms with Crippen molar-refractivity contribution < 1.29 is 24.3 Å². The van der Waals surface area contributed by atoms with Crippen LogP contribution in [0.15, 0.2) is 84.9 Å². The first-order valence-electron chi connectivity index (χ1n) is 14.0. The highest BCUT2D eigenvalue weighted by Gasteiger charge is 2.47. The molecule has 1 aliphatic rings. The second kappa shape index (κ2) is 13.8. The molecule has 4 amide bonds. The Bertz CT molecular complexity index is 1380. The lowest BCUT2D eigenvalue weighted by atomic mass is 9.75. The predicted octanol–water partition coefficient (Wildman–Crippen LogP) is 1.24. The molecule has 1 fully saturated rings. The fourth-order valence-electron chi connectivity index (χ4n) is 4.95. The first kappa shape index (κ1) is 30.3. The van der Waals surface area contributed by atoms with Crippen molar-refractivity contribution in [1.29, 1.82) is 0 Å². The molecule has 0 bridgehead atoms. The summed E-state index contributed by atoms with van der Waals surface area (Å²) in [5.41, 5.74) is 13.0. The third-order valence-electron chi connectivity index (χ3n) is 7.58. The average Bonchev–Trinajstić information content (AvgIpc) is 2.96. The van der Waals surface area contributed by atoms with Crippen LogP contribution >= 0.6 is 0 Å². The highest BCUT2D eigenvalue weighted by atomic mass is 16.3. The molecule has 0 spiro atoms. The number of carbonyl (C=O) groups excluding carboxylic acids is 4. The van der Waals surface area contributed by atoms with Gasteiger partial charge in [0.25, 0.3) is 0 Å². The smallest absolute Gasteiger partial charge is 0.246 e. The van der Waals surface area contributed by atoms with Gasteiger partial charge >= 0.3 is 0 Å². The molecule has 0 unspecified atom stereocenters. The van der Waals surface area contributed by atoms with E-state index in [1.165, 1.54) is 12.1 Å². The van der Waals surface area contributed by atoms with Crippen molar-refractivity contribution in [2.24, 2.45) is 11.5 Å². The minimum atomic E-state index is -1.20. The van der Waals surface area contributed by atoms with Crippen molar-refractivity contribution in [3.63, 3.8) is 0 Å². The van der Waals surface area contributed by atoms with E-state index in [9.17, 15) is 24.3 Å². The molecule has 1 aliphatic carbocycles. The first-order chi connectivity index (χ1) is 20.1. The summed E-state index contributed by atoms with van der Waals surface area (Å²) < 4.78 is 0. The topological polar surface area (TPSA) is 177 Å². The zero-order valence-electron chi connectivity index (χ0n) is 23.3. The van der Waals surface area contributed by atoms with Gasteiger partial charge in [0.15, 0.2) is 0 Å². The maximum atomic E-state index is 13.7. The Hall–Kier alpha value is -4.70.